The molecule has 0 atom stereocenters. The van der Waals surface area contributed by atoms with Crippen molar-refractivity contribution in [3.63, 3.8) is 0 Å². The van der Waals surface area contributed by atoms with Gasteiger partial charge in [-0.15, -0.1) is 0 Å². The van der Waals surface area contributed by atoms with Gasteiger partial charge in [0.05, 0.1) is 12.8 Å². The normalized spacial score (nSPS) is 15.8. The number of anilines is 1. The van der Waals surface area contributed by atoms with Crippen LogP contribution in [0, 0.1) is 3.95 Å². The first-order chi connectivity index (χ1) is 10.6. The highest BCUT2D eigenvalue weighted by Gasteiger charge is 2.21. The van der Waals surface area contributed by atoms with Gasteiger partial charge in [0, 0.05) is 6.04 Å². The molecule has 1 aliphatic rings. The smallest absolute Gasteiger partial charge is 0.265 e. The Labute approximate surface area is 138 Å². The van der Waals surface area contributed by atoms with Crippen LogP contribution in [0.15, 0.2) is 22.8 Å². The highest BCUT2D eigenvalue weighted by Crippen LogP contribution is 2.25. The zero-order valence-electron chi connectivity index (χ0n) is 12.2. The van der Waals surface area contributed by atoms with Crippen LogP contribution in [0.2, 0.25) is 0 Å². The van der Waals surface area contributed by atoms with Crippen LogP contribution in [0.5, 0.6) is 0 Å². The topological polar surface area (TPSA) is 73.2 Å². The number of amides is 1. The predicted molar refractivity (Wildman–Crippen MR) is 89.7 cm³/mol. The minimum Gasteiger partial charge on any atom is -0.467 e. The molecule has 0 bridgehead atoms. The van der Waals surface area contributed by atoms with Crippen molar-refractivity contribution in [1.82, 2.24) is 9.88 Å². The number of nitrogens with zero attached hydrogens (tertiary/aromatic N) is 1. The van der Waals surface area contributed by atoms with Gasteiger partial charge < -0.3 is 20.0 Å². The van der Waals surface area contributed by atoms with Crippen molar-refractivity contribution in [2.45, 2.75) is 44.7 Å². The number of nitrogen functional groups attached to an aromatic ring is 1. The molecule has 0 spiro atoms. The van der Waals surface area contributed by atoms with E-state index < -0.39 is 0 Å². The number of nitrogens with two attached hydrogens (primary N) is 1. The van der Waals surface area contributed by atoms with E-state index in [1.807, 2.05) is 12.1 Å². The van der Waals surface area contributed by atoms with Gasteiger partial charge in [-0.2, -0.15) is 0 Å². The maximum atomic E-state index is 12.4. The average Bonchev–Trinajstić information content (AvgIpc) is 3.12. The van der Waals surface area contributed by atoms with Crippen LogP contribution in [0.4, 0.5) is 5.82 Å². The SMILES string of the molecule is Nc1c(C(=O)NC2CCCCC2)sc(=S)n1Cc1ccco1. The van der Waals surface area contributed by atoms with Crippen molar-refractivity contribution >= 4 is 35.3 Å². The molecule has 0 radical (unpaired) electrons. The molecule has 1 aliphatic carbocycles. The molecule has 1 saturated carbocycles. The van der Waals surface area contributed by atoms with E-state index >= 15 is 0 Å². The summed E-state index contributed by atoms with van der Waals surface area (Å²) < 4.78 is 7.65. The van der Waals surface area contributed by atoms with Gasteiger partial charge in [0.25, 0.3) is 5.91 Å². The summed E-state index contributed by atoms with van der Waals surface area (Å²) in [6, 6.07) is 3.94. The standard InChI is InChI=1S/C15H19N3O2S2/c16-13-12(14(19)17-10-5-2-1-3-6-10)22-15(21)18(13)9-11-7-4-8-20-11/h4,7-8,10H,1-3,5-6,9,16H2,(H,17,19). The van der Waals surface area contributed by atoms with Crippen LogP contribution in [-0.4, -0.2) is 16.5 Å². The predicted octanol–water partition coefficient (Wildman–Crippen LogP) is 3.57. The summed E-state index contributed by atoms with van der Waals surface area (Å²) in [5.74, 6) is 1.07. The molecule has 7 heteroatoms. The van der Waals surface area contributed by atoms with Gasteiger partial charge in [-0.05, 0) is 37.2 Å². The first-order valence-electron chi connectivity index (χ1n) is 7.47. The Kier molecular flexibility index (Phi) is 4.63. The minimum absolute atomic E-state index is 0.112. The van der Waals surface area contributed by atoms with Crippen molar-refractivity contribution in [2.75, 3.05) is 5.73 Å². The fraction of sp³-hybridized carbons (Fsp3) is 0.467. The zero-order chi connectivity index (χ0) is 15.5. The molecule has 3 N–H and O–H groups in total. The quantitative estimate of drug-likeness (QED) is 0.837. The van der Waals surface area contributed by atoms with E-state index in [1.54, 1.807) is 10.8 Å². The number of furan rings is 1. The number of thiazole rings is 1. The lowest BCUT2D eigenvalue weighted by atomic mass is 9.95. The summed E-state index contributed by atoms with van der Waals surface area (Å²) >= 11 is 6.60. The van der Waals surface area contributed by atoms with E-state index in [4.69, 9.17) is 22.4 Å². The molecule has 0 aliphatic heterocycles. The van der Waals surface area contributed by atoms with Crippen molar-refractivity contribution in [3.8, 4) is 0 Å². The second-order valence-electron chi connectivity index (χ2n) is 5.56. The van der Waals surface area contributed by atoms with Crippen molar-refractivity contribution in [1.29, 1.82) is 0 Å². The third kappa shape index (κ3) is 3.25. The maximum Gasteiger partial charge on any atom is 0.265 e. The Morgan fingerprint density at radius 3 is 2.91 bits per heavy atom. The van der Waals surface area contributed by atoms with Gasteiger partial charge in [-0.1, -0.05) is 30.6 Å². The van der Waals surface area contributed by atoms with E-state index in [0.717, 1.165) is 18.6 Å². The third-order valence-electron chi connectivity index (χ3n) is 3.97. The van der Waals surface area contributed by atoms with E-state index in [1.165, 1.54) is 30.6 Å². The highest BCUT2D eigenvalue weighted by molar-refractivity contribution is 7.73. The summed E-state index contributed by atoms with van der Waals surface area (Å²) in [6.45, 7) is 0.449. The van der Waals surface area contributed by atoms with Crippen molar-refractivity contribution in [2.24, 2.45) is 0 Å². The lowest BCUT2D eigenvalue weighted by Crippen LogP contribution is -2.36. The van der Waals surface area contributed by atoms with Crippen LogP contribution in [0.25, 0.3) is 0 Å². The molecule has 2 heterocycles. The molecule has 0 saturated heterocycles. The van der Waals surface area contributed by atoms with Crippen molar-refractivity contribution < 1.29 is 9.21 Å². The maximum absolute atomic E-state index is 12.4. The van der Waals surface area contributed by atoms with E-state index in [-0.39, 0.29) is 11.9 Å². The van der Waals surface area contributed by atoms with Gasteiger partial charge >= 0.3 is 0 Å². The minimum atomic E-state index is -0.112. The number of carbonyl (C=O) groups is 1. The summed E-state index contributed by atoms with van der Waals surface area (Å²) in [5, 5.41) is 3.08. The molecule has 22 heavy (non-hydrogen) atoms. The molecule has 0 aromatic carbocycles. The number of rotatable bonds is 4. The lowest BCUT2D eigenvalue weighted by molar-refractivity contribution is 0.0932. The zero-order valence-corrected chi connectivity index (χ0v) is 13.8. The average molecular weight is 337 g/mol. The van der Waals surface area contributed by atoms with E-state index in [9.17, 15) is 4.79 Å². The summed E-state index contributed by atoms with van der Waals surface area (Å²) in [7, 11) is 0. The Hall–Kier alpha value is -1.60. The van der Waals surface area contributed by atoms with Gasteiger partial charge in [0.2, 0.25) is 0 Å². The fourth-order valence-corrected chi connectivity index (χ4v) is 4.01. The Morgan fingerprint density at radius 2 is 2.23 bits per heavy atom. The first-order valence-corrected chi connectivity index (χ1v) is 8.70. The number of hydrogen-bond acceptors (Lipinski definition) is 5. The summed E-state index contributed by atoms with van der Waals surface area (Å²) in [5.41, 5.74) is 6.13. The van der Waals surface area contributed by atoms with Gasteiger partial charge in [0.1, 0.15) is 16.5 Å². The number of hydrogen-bond donors (Lipinski definition) is 2. The molecule has 1 amide bonds. The third-order valence-corrected chi connectivity index (χ3v) is 5.44. The molecular formula is C15H19N3O2S2. The highest BCUT2D eigenvalue weighted by atomic mass is 32.1. The van der Waals surface area contributed by atoms with Crippen molar-refractivity contribution in [3.05, 3.63) is 33.0 Å². The number of aromatic nitrogens is 1. The summed E-state index contributed by atoms with van der Waals surface area (Å²) in [6.07, 6.45) is 7.31. The second-order valence-corrected chi connectivity index (χ2v) is 7.20. The van der Waals surface area contributed by atoms with Crippen LogP contribution >= 0.6 is 23.6 Å². The molecule has 2 aromatic heterocycles. The number of nitrogens with one attached hydrogen (secondary N) is 1. The van der Waals surface area contributed by atoms with Crippen LogP contribution in [0.3, 0.4) is 0 Å². The summed E-state index contributed by atoms with van der Waals surface area (Å²) in [4.78, 5) is 12.9. The second kappa shape index (κ2) is 6.66. The van der Waals surface area contributed by atoms with Crippen LogP contribution < -0.4 is 11.1 Å². The van der Waals surface area contributed by atoms with Crippen LogP contribution in [-0.2, 0) is 6.54 Å². The fourth-order valence-electron chi connectivity index (χ4n) is 2.78. The Balaban J connectivity index is 1.76. The first kappa shape index (κ1) is 15.3. The van der Waals surface area contributed by atoms with E-state index in [0.29, 0.717) is 21.2 Å². The number of carbonyl (C=O) groups excluding carboxylic acids is 1. The Morgan fingerprint density at radius 1 is 1.45 bits per heavy atom. The van der Waals surface area contributed by atoms with E-state index in [2.05, 4.69) is 5.32 Å². The lowest BCUT2D eigenvalue weighted by Gasteiger charge is -2.22. The van der Waals surface area contributed by atoms with Crippen LogP contribution in [0.1, 0.15) is 47.5 Å². The van der Waals surface area contributed by atoms with Gasteiger partial charge in [0.15, 0.2) is 3.95 Å². The monoisotopic (exact) mass is 337 g/mol. The molecule has 118 valence electrons. The molecule has 2 aromatic rings. The van der Waals surface area contributed by atoms with Gasteiger partial charge in [-0.25, -0.2) is 0 Å². The molecule has 5 nitrogen and oxygen atoms in total. The molecular weight excluding hydrogens is 318 g/mol. The van der Waals surface area contributed by atoms with Gasteiger partial charge in [-0.3, -0.25) is 4.79 Å². The molecule has 1 fully saturated rings. The molecule has 0 unspecified atom stereocenters. The Bertz CT molecular complexity index is 697. The largest absolute Gasteiger partial charge is 0.467 e. The molecule has 3 rings (SSSR count).